The van der Waals surface area contributed by atoms with Gasteiger partial charge in [-0.15, -0.1) is 0 Å². The zero-order chi connectivity index (χ0) is 15.6. The van der Waals surface area contributed by atoms with Gasteiger partial charge >= 0.3 is 0 Å². The van der Waals surface area contributed by atoms with Crippen LogP contribution in [0.4, 0.5) is 0 Å². The topological polar surface area (TPSA) is 62.2 Å². The number of hydrogen-bond acceptors (Lipinski definition) is 3. The summed E-state index contributed by atoms with van der Waals surface area (Å²) in [6.45, 7) is 2.14. The van der Waals surface area contributed by atoms with Gasteiger partial charge in [0.1, 0.15) is 0 Å². The maximum Gasteiger partial charge on any atom is 0.253 e. The average molecular weight is 296 g/mol. The molecule has 0 bridgehead atoms. The molecule has 1 fully saturated rings. The van der Waals surface area contributed by atoms with Gasteiger partial charge < -0.3 is 10.4 Å². The molecular weight excluding hydrogens is 276 g/mol. The van der Waals surface area contributed by atoms with E-state index in [9.17, 15) is 9.90 Å². The molecule has 1 aromatic heterocycles. The lowest BCUT2D eigenvalue weighted by Crippen LogP contribution is -2.47. The normalized spacial score (nSPS) is 15.9. The third-order valence-electron chi connectivity index (χ3n) is 4.26. The number of benzene rings is 1. The molecule has 1 aliphatic rings. The molecule has 2 aromatic rings. The van der Waals surface area contributed by atoms with Crippen molar-refractivity contribution in [1.82, 2.24) is 10.3 Å². The fraction of sp³-hybridized carbons (Fsp3) is 0.333. The van der Waals surface area contributed by atoms with E-state index in [4.69, 9.17) is 0 Å². The molecule has 0 unspecified atom stereocenters. The predicted molar refractivity (Wildman–Crippen MR) is 85.5 cm³/mol. The van der Waals surface area contributed by atoms with E-state index in [1.807, 2.05) is 43.3 Å². The van der Waals surface area contributed by atoms with Gasteiger partial charge in [0.05, 0.1) is 22.6 Å². The van der Waals surface area contributed by atoms with Crippen molar-refractivity contribution in [3.8, 4) is 11.3 Å². The molecule has 0 atom stereocenters. The molecule has 1 amide bonds. The highest BCUT2D eigenvalue weighted by atomic mass is 16.3. The van der Waals surface area contributed by atoms with Gasteiger partial charge in [-0.2, -0.15) is 0 Å². The number of aliphatic hydroxyl groups is 1. The van der Waals surface area contributed by atoms with E-state index in [1.165, 1.54) is 0 Å². The van der Waals surface area contributed by atoms with Crippen molar-refractivity contribution < 1.29 is 9.90 Å². The minimum Gasteiger partial charge on any atom is -0.388 e. The molecule has 114 valence electrons. The smallest absolute Gasteiger partial charge is 0.253 e. The molecule has 1 saturated carbocycles. The van der Waals surface area contributed by atoms with Crippen LogP contribution < -0.4 is 5.32 Å². The Morgan fingerprint density at radius 2 is 1.95 bits per heavy atom. The van der Waals surface area contributed by atoms with Crippen LogP contribution in [0.3, 0.4) is 0 Å². The van der Waals surface area contributed by atoms with Crippen LogP contribution in [0.15, 0.2) is 42.5 Å². The van der Waals surface area contributed by atoms with Gasteiger partial charge in [-0.05, 0) is 38.3 Å². The highest BCUT2D eigenvalue weighted by molar-refractivity contribution is 5.95. The number of carbonyl (C=O) groups excluding carboxylic acids is 1. The summed E-state index contributed by atoms with van der Waals surface area (Å²) in [5, 5.41) is 12.9. The van der Waals surface area contributed by atoms with Crippen LogP contribution >= 0.6 is 0 Å². The fourth-order valence-corrected chi connectivity index (χ4v) is 2.67. The zero-order valence-corrected chi connectivity index (χ0v) is 12.7. The molecule has 1 aliphatic carbocycles. The minimum atomic E-state index is -0.707. The Hall–Kier alpha value is -2.20. The molecule has 4 heteroatoms. The molecule has 0 spiro atoms. The van der Waals surface area contributed by atoms with Crippen LogP contribution in [0, 0.1) is 6.92 Å². The standard InChI is InChI=1S/C18H20N2O2/c1-13-15(17(21)19-12-18(22)10-5-11-18)8-9-16(20-13)14-6-3-2-4-7-14/h2-4,6-9,22H,5,10-12H2,1H3,(H,19,21). The summed E-state index contributed by atoms with van der Waals surface area (Å²) in [5.41, 5.74) is 2.43. The quantitative estimate of drug-likeness (QED) is 0.912. The van der Waals surface area contributed by atoms with E-state index in [1.54, 1.807) is 6.07 Å². The molecule has 1 aromatic carbocycles. The second-order valence-corrected chi connectivity index (χ2v) is 5.96. The monoisotopic (exact) mass is 296 g/mol. The number of nitrogens with one attached hydrogen (secondary N) is 1. The maximum atomic E-state index is 12.2. The SMILES string of the molecule is Cc1nc(-c2ccccc2)ccc1C(=O)NCC1(O)CCC1. The molecule has 0 saturated heterocycles. The van der Waals surface area contributed by atoms with Gasteiger partial charge in [0.2, 0.25) is 0 Å². The number of carbonyl (C=O) groups is 1. The van der Waals surface area contributed by atoms with Gasteiger partial charge in [-0.3, -0.25) is 9.78 Å². The molecule has 0 radical (unpaired) electrons. The molecule has 22 heavy (non-hydrogen) atoms. The Morgan fingerprint density at radius 1 is 1.23 bits per heavy atom. The Kier molecular flexibility index (Phi) is 3.94. The van der Waals surface area contributed by atoms with Crippen LogP contribution in [0.2, 0.25) is 0 Å². The number of amides is 1. The number of nitrogens with zero attached hydrogens (tertiary/aromatic N) is 1. The predicted octanol–water partition coefficient (Wildman–Crippen LogP) is 2.70. The first-order valence-electron chi connectivity index (χ1n) is 7.61. The number of pyridine rings is 1. The van der Waals surface area contributed by atoms with Crippen molar-refractivity contribution >= 4 is 5.91 Å². The summed E-state index contributed by atoms with van der Waals surface area (Å²) in [6, 6.07) is 13.5. The Morgan fingerprint density at radius 3 is 2.55 bits per heavy atom. The summed E-state index contributed by atoms with van der Waals surface area (Å²) in [5.74, 6) is -0.176. The molecule has 3 rings (SSSR count). The first kappa shape index (κ1) is 14.7. The Balaban J connectivity index is 1.73. The summed E-state index contributed by atoms with van der Waals surface area (Å²) in [7, 11) is 0. The Labute approximate surface area is 130 Å². The van der Waals surface area contributed by atoms with E-state index in [2.05, 4.69) is 10.3 Å². The molecule has 4 nitrogen and oxygen atoms in total. The minimum absolute atomic E-state index is 0.176. The van der Waals surface area contributed by atoms with Crippen molar-refractivity contribution in [2.75, 3.05) is 6.54 Å². The lowest BCUT2D eigenvalue weighted by atomic mass is 9.80. The average Bonchev–Trinajstić information content (AvgIpc) is 2.51. The fourth-order valence-electron chi connectivity index (χ4n) is 2.67. The number of hydrogen-bond donors (Lipinski definition) is 2. The number of aryl methyl sites for hydroxylation is 1. The molecule has 2 N–H and O–H groups in total. The van der Waals surface area contributed by atoms with E-state index in [0.717, 1.165) is 30.5 Å². The number of aromatic nitrogens is 1. The maximum absolute atomic E-state index is 12.2. The van der Waals surface area contributed by atoms with Crippen molar-refractivity contribution in [3.63, 3.8) is 0 Å². The lowest BCUT2D eigenvalue weighted by molar-refractivity contribution is -0.0300. The summed E-state index contributed by atoms with van der Waals surface area (Å²) < 4.78 is 0. The van der Waals surface area contributed by atoms with Gasteiger partial charge in [-0.25, -0.2) is 0 Å². The van der Waals surface area contributed by atoms with Crippen LogP contribution in [0.1, 0.15) is 35.3 Å². The highest BCUT2D eigenvalue weighted by Gasteiger charge is 2.34. The van der Waals surface area contributed by atoms with Crippen LogP contribution in [0.5, 0.6) is 0 Å². The third kappa shape index (κ3) is 3.02. The van der Waals surface area contributed by atoms with Gasteiger partial charge in [0.15, 0.2) is 0 Å². The Bertz CT molecular complexity index is 679. The lowest BCUT2D eigenvalue weighted by Gasteiger charge is -2.36. The second kappa shape index (κ2) is 5.89. The summed E-state index contributed by atoms with van der Waals surface area (Å²) in [4.78, 5) is 16.8. The van der Waals surface area contributed by atoms with Gasteiger partial charge in [0.25, 0.3) is 5.91 Å². The van der Waals surface area contributed by atoms with Gasteiger partial charge in [-0.1, -0.05) is 30.3 Å². The second-order valence-electron chi connectivity index (χ2n) is 5.96. The van der Waals surface area contributed by atoms with E-state index >= 15 is 0 Å². The van der Waals surface area contributed by atoms with E-state index in [-0.39, 0.29) is 5.91 Å². The van der Waals surface area contributed by atoms with Gasteiger partial charge in [0, 0.05) is 12.1 Å². The first-order chi connectivity index (χ1) is 10.6. The van der Waals surface area contributed by atoms with Crippen LogP contribution in [0.25, 0.3) is 11.3 Å². The highest BCUT2D eigenvalue weighted by Crippen LogP contribution is 2.30. The zero-order valence-electron chi connectivity index (χ0n) is 12.7. The van der Waals surface area contributed by atoms with E-state index in [0.29, 0.717) is 17.8 Å². The summed E-state index contributed by atoms with van der Waals surface area (Å²) in [6.07, 6.45) is 2.55. The van der Waals surface area contributed by atoms with Crippen molar-refractivity contribution in [2.45, 2.75) is 31.8 Å². The van der Waals surface area contributed by atoms with Crippen LogP contribution in [-0.2, 0) is 0 Å². The number of rotatable bonds is 4. The molecule has 0 aliphatic heterocycles. The van der Waals surface area contributed by atoms with Crippen LogP contribution in [-0.4, -0.2) is 28.1 Å². The molecule has 1 heterocycles. The summed E-state index contributed by atoms with van der Waals surface area (Å²) >= 11 is 0. The largest absolute Gasteiger partial charge is 0.388 e. The first-order valence-corrected chi connectivity index (χ1v) is 7.61. The van der Waals surface area contributed by atoms with Crippen molar-refractivity contribution in [2.24, 2.45) is 0 Å². The van der Waals surface area contributed by atoms with Crippen molar-refractivity contribution in [1.29, 1.82) is 0 Å². The van der Waals surface area contributed by atoms with Crippen molar-refractivity contribution in [3.05, 3.63) is 53.7 Å². The molecular formula is C18H20N2O2. The third-order valence-corrected chi connectivity index (χ3v) is 4.26. The van der Waals surface area contributed by atoms with E-state index < -0.39 is 5.60 Å².